The maximum Gasteiger partial charge on any atom is 0.270 e. The van der Waals surface area contributed by atoms with Gasteiger partial charge in [-0.15, -0.1) is 0 Å². The Morgan fingerprint density at radius 2 is 1.67 bits per heavy atom. The van der Waals surface area contributed by atoms with Crippen LogP contribution >= 0.6 is 0 Å². The highest BCUT2D eigenvalue weighted by Gasteiger charge is 2.18. The molecule has 0 aliphatic heterocycles. The fourth-order valence-electron chi connectivity index (χ4n) is 2.54. The lowest BCUT2D eigenvalue weighted by Crippen LogP contribution is -2.14. The van der Waals surface area contributed by atoms with Crippen molar-refractivity contribution in [3.63, 3.8) is 0 Å². The molecule has 154 valence electrons. The van der Waals surface area contributed by atoms with E-state index in [1.807, 2.05) is 0 Å². The third-order valence-corrected chi connectivity index (χ3v) is 5.55. The molecule has 0 atom stereocenters. The number of rotatable bonds is 6. The maximum absolute atomic E-state index is 13.6. The van der Waals surface area contributed by atoms with Crippen LogP contribution in [0.25, 0.3) is 0 Å². The molecule has 0 radical (unpaired) electrons. The highest BCUT2D eigenvalue weighted by Crippen LogP contribution is 2.21. The van der Waals surface area contributed by atoms with Crippen molar-refractivity contribution in [2.24, 2.45) is 0 Å². The van der Waals surface area contributed by atoms with Crippen LogP contribution in [0.2, 0.25) is 0 Å². The predicted octanol–water partition coefficient (Wildman–Crippen LogP) is 4.10. The van der Waals surface area contributed by atoms with Crippen LogP contribution in [0.4, 0.5) is 21.5 Å². The summed E-state index contributed by atoms with van der Waals surface area (Å²) in [7, 11) is -4.06. The smallest absolute Gasteiger partial charge is 0.270 e. The lowest BCUT2D eigenvalue weighted by Gasteiger charge is -2.10. The Morgan fingerprint density at radius 1 is 1.00 bits per heavy atom. The molecule has 0 spiro atoms. The van der Waals surface area contributed by atoms with Crippen molar-refractivity contribution in [1.29, 1.82) is 0 Å². The Hall–Kier alpha value is -3.79. The van der Waals surface area contributed by atoms with E-state index in [1.165, 1.54) is 54.6 Å². The van der Waals surface area contributed by atoms with E-state index in [4.69, 9.17) is 0 Å². The molecule has 0 fully saturated rings. The minimum Gasteiger partial charge on any atom is -0.322 e. The fraction of sp³-hybridized carbons (Fsp3) is 0.0500. The molecule has 0 aliphatic rings. The van der Waals surface area contributed by atoms with Crippen molar-refractivity contribution >= 4 is 33.0 Å². The average Bonchev–Trinajstić information content (AvgIpc) is 2.71. The van der Waals surface area contributed by atoms with Gasteiger partial charge in [0, 0.05) is 29.1 Å². The summed E-state index contributed by atoms with van der Waals surface area (Å²) in [6.45, 7) is 1.61. The number of sulfonamides is 1. The molecule has 3 rings (SSSR count). The molecule has 0 aliphatic carbocycles. The van der Waals surface area contributed by atoms with Gasteiger partial charge in [-0.05, 0) is 55.0 Å². The van der Waals surface area contributed by atoms with Crippen LogP contribution in [0.1, 0.15) is 15.9 Å². The van der Waals surface area contributed by atoms with Gasteiger partial charge >= 0.3 is 0 Å². The van der Waals surface area contributed by atoms with E-state index in [0.29, 0.717) is 11.3 Å². The number of halogens is 1. The molecule has 2 N–H and O–H groups in total. The Bertz CT molecular complexity index is 1230. The Balaban J connectivity index is 1.73. The van der Waals surface area contributed by atoms with Crippen LogP contribution < -0.4 is 10.0 Å². The number of nitrogens with one attached hydrogen (secondary N) is 2. The molecular weight excluding hydrogens is 413 g/mol. The van der Waals surface area contributed by atoms with Crippen molar-refractivity contribution in [2.45, 2.75) is 11.8 Å². The highest BCUT2D eigenvalue weighted by atomic mass is 32.2. The van der Waals surface area contributed by atoms with E-state index in [9.17, 15) is 27.7 Å². The monoisotopic (exact) mass is 429 g/mol. The number of nitro groups is 1. The molecule has 1 amide bonds. The fourth-order valence-corrected chi connectivity index (χ4v) is 3.64. The van der Waals surface area contributed by atoms with Crippen LogP contribution in [0, 0.1) is 22.9 Å². The Kier molecular flexibility index (Phi) is 5.79. The number of anilines is 2. The molecule has 10 heteroatoms. The summed E-state index contributed by atoms with van der Waals surface area (Å²) in [5.74, 6) is -0.940. The molecule has 0 heterocycles. The minimum absolute atomic E-state index is 0.166. The molecule has 3 aromatic carbocycles. The van der Waals surface area contributed by atoms with E-state index < -0.39 is 26.7 Å². The first kappa shape index (κ1) is 20.9. The number of carbonyl (C=O) groups excluding carboxylic acids is 1. The topological polar surface area (TPSA) is 118 Å². The number of aryl methyl sites for hydroxylation is 1. The number of nitro benzene ring substituents is 1. The van der Waals surface area contributed by atoms with Crippen LogP contribution in [0.15, 0.2) is 71.6 Å². The second-order valence-corrected chi connectivity index (χ2v) is 8.04. The number of non-ortho nitro benzene ring substituents is 1. The summed E-state index contributed by atoms with van der Waals surface area (Å²) in [6, 6.07) is 14.5. The SMILES string of the molecule is Cc1ccc(NC(=O)c2ccc(NS(=O)(=O)c3cccc([N+](=O)[O-])c3)cc2)cc1F. The number of hydrogen-bond donors (Lipinski definition) is 2. The summed E-state index contributed by atoms with van der Waals surface area (Å²) in [4.78, 5) is 22.2. The van der Waals surface area contributed by atoms with Gasteiger partial charge in [0.1, 0.15) is 5.82 Å². The first-order valence-corrected chi connectivity index (χ1v) is 10.1. The van der Waals surface area contributed by atoms with Gasteiger partial charge in [0.15, 0.2) is 0 Å². The average molecular weight is 429 g/mol. The van der Waals surface area contributed by atoms with Gasteiger partial charge < -0.3 is 5.32 Å². The van der Waals surface area contributed by atoms with Crippen molar-refractivity contribution in [1.82, 2.24) is 0 Å². The van der Waals surface area contributed by atoms with E-state index in [2.05, 4.69) is 10.0 Å². The van der Waals surface area contributed by atoms with Gasteiger partial charge in [0.05, 0.1) is 9.82 Å². The van der Waals surface area contributed by atoms with Crippen molar-refractivity contribution in [3.8, 4) is 0 Å². The lowest BCUT2D eigenvalue weighted by molar-refractivity contribution is -0.385. The minimum atomic E-state index is -4.06. The summed E-state index contributed by atoms with van der Waals surface area (Å²) in [5, 5.41) is 13.4. The van der Waals surface area contributed by atoms with E-state index in [-0.39, 0.29) is 21.8 Å². The largest absolute Gasteiger partial charge is 0.322 e. The van der Waals surface area contributed by atoms with Gasteiger partial charge in [0.2, 0.25) is 0 Å². The summed E-state index contributed by atoms with van der Waals surface area (Å²) in [5.41, 5.74) is 0.790. The zero-order valence-electron chi connectivity index (χ0n) is 15.6. The molecule has 3 aromatic rings. The van der Waals surface area contributed by atoms with Crippen molar-refractivity contribution in [3.05, 3.63) is 93.8 Å². The quantitative estimate of drug-likeness (QED) is 0.452. The van der Waals surface area contributed by atoms with Crippen molar-refractivity contribution < 1.29 is 22.5 Å². The standard InChI is InChI=1S/C20H16FN3O5S/c1-13-5-8-16(11-19(13)21)22-20(25)14-6-9-15(10-7-14)23-30(28,29)18-4-2-3-17(12-18)24(26)27/h2-12,23H,1H3,(H,22,25). The van der Waals surface area contributed by atoms with E-state index in [1.54, 1.807) is 13.0 Å². The molecule has 0 saturated carbocycles. The van der Waals surface area contributed by atoms with Gasteiger partial charge in [0.25, 0.3) is 21.6 Å². The second kappa shape index (κ2) is 8.29. The number of amides is 1. The molecule has 0 aromatic heterocycles. The molecule has 8 nitrogen and oxygen atoms in total. The van der Waals surface area contributed by atoms with E-state index >= 15 is 0 Å². The summed E-state index contributed by atoms with van der Waals surface area (Å²) in [6.07, 6.45) is 0. The highest BCUT2D eigenvalue weighted by molar-refractivity contribution is 7.92. The molecule has 0 unspecified atom stereocenters. The molecule has 30 heavy (non-hydrogen) atoms. The zero-order valence-corrected chi connectivity index (χ0v) is 16.4. The van der Waals surface area contributed by atoms with Crippen LogP contribution in [-0.4, -0.2) is 19.2 Å². The lowest BCUT2D eigenvalue weighted by atomic mass is 10.1. The van der Waals surface area contributed by atoms with Gasteiger partial charge in [-0.3, -0.25) is 19.6 Å². The number of hydrogen-bond acceptors (Lipinski definition) is 5. The maximum atomic E-state index is 13.6. The molecule has 0 saturated heterocycles. The van der Waals surface area contributed by atoms with Gasteiger partial charge in [-0.2, -0.15) is 0 Å². The van der Waals surface area contributed by atoms with Gasteiger partial charge in [-0.1, -0.05) is 12.1 Å². The van der Waals surface area contributed by atoms with Crippen molar-refractivity contribution in [2.75, 3.05) is 10.0 Å². The molecule has 0 bridgehead atoms. The van der Waals surface area contributed by atoms with Crippen LogP contribution in [0.5, 0.6) is 0 Å². The third kappa shape index (κ3) is 4.78. The first-order chi connectivity index (χ1) is 14.2. The number of benzene rings is 3. The van der Waals surface area contributed by atoms with Crippen LogP contribution in [-0.2, 0) is 10.0 Å². The summed E-state index contributed by atoms with van der Waals surface area (Å²) < 4.78 is 40.8. The Labute approximate surface area is 171 Å². The first-order valence-electron chi connectivity index (χ1n) is 8.60. The number of nitrogens with zero attached hydrogens (tertiary/aromatic N) is 1. The molecular formula is C20H16FN3O5S. The van der Waals surface area contributed by atoms with Crippen LogP contribution in [0.3, 0.4) is 0 Å². The summed E-state index contributed by atoms with van der Waals surface area (Å²) >= 11 is 0. The normalized spacial score (nSPS) is 11.0. The van der Waals surface area contributed by atoms with Gasteiger partial charge in [-0.25, -0.2) is 12.8 Å². The number of carbonyl (C=O) groups is 1. The Morgan fingerprint density at radius 3 is 2.30 bits per heavy atom. The second-order valence-electron chi connectivity index (χ2n) is 6.36. The zero-order chi connectivity index (χ0) is 21.9. The predicted molar refractivity (Wildman–Crippen MR) is 109 cm³/mol. The van der Waals surface area contributed by atoms with E-state index in [0.717, 1.165) is 6.07 Å². The third-order valence-electron chi connectivity index (χ3n) is 4.17.